The Morgan fingerprint density at radius 3 is 2.10 bits per heavy atom. The quantitative estimate of drug-likeness (QED) is 0.534. The van der Waals surface area contributed by atoms with Gasteiger partial charge in [-0.05, 0) is 54.1 Å². The molecule has 0 bridgehead atoms. The Bertz CT molecular complexity index is 1120. The van der Waals surface area contributed by atoms with Crippen molar-refractivity contribution < 1.29 is 27.0 Å². The zero-order chi connectivity index (χ0) is 21.7. The van der Waals surface area contributed by atoms with E-state index < -0.39 is 20.7 Å². The monoisotopic (exact) mass is 431 g/mol. The summed E-state index contributed by atoms with van der Waals surface area (Å²) in [5.41, 5.74) is 1.01. The van der Waals surface area contributed by atoms with Gasteiger partial charge in [-0.25, -0.2) is 12.8 Å². The van der Waals surface area contributed by atoms with Crippen LogP contribution < -0.4 is 18.5 Å². The van der Waals surface area contributed by atoms with E-state index in [4.69, 9.17) is 14.2 Å². The lowest BCUT2D eigenvalue weighted by molar-refractivity contribution is 0.354. The van der Waals surface area contributed by atoms with Gasteiger partial charge in [-0.1, -0.05) is 18.2 Å². The largest absolute Gasteiger partial charge is 0.497 e. The third kappa shape index (κ3) is 4.33. The first-order valence-electron chi connectivity index (χ1n) is 9.03. The van der Waals surface area contributed by atoms with Gasteiger partial charge in [-0.15, -0.1) is 0 Å². The van der Waals surface area contributed by atoms with Crippen LogP contribution in [0.25, 0.3) is 0 Å². The molecule has 0 aliphatic rings. The Labute approximate surface area is 175 Å². The minimum atomic E-state index is -4.19. The Kier molecular flexibility index (Phi) is 6.47. The minimum Gasteiger partial charge on any atom is -0.497 e. The van der Waals surface area contributed by atoms with Crippen LogP contribution in [0.4, 0.5) is 10.1 Å². The maximum Gasteiger partial charge on any atom is 0.267 e. The highest BCUT2D eigenvalue weighted by Gasteiger charge is 2.28. The molecule has 3 rings (SSSR count). The molecule has 0 spiro atoms. The predicted octanol–water partition coefficient (Wildman–Crippen LogP) is 4.25. The second kappa shape index (κ2) is 9.04. The van der Waals surface area contributed by atoms with E-state index in [0.29, 0.717) is 28.5 Å². The number of methoxy groups -OCH3 is 3. The van der Waals surface area contributed by atoms with Crippen LogP contribution >= 0.6 is 0 Å². The summed E-state index contributed by atoms with van der Waals surface area (Å²) in [5.74, 6) is 0.749. The van der Waals surface area contributed by atoms with Gasteiger partial charge >= 0.3 is 0 Å². The first-order valence-corrected chi connectivity index (χ1v) is 10.5. The Morgan fingerprint density at radius 2 is 1.50 bits per heavy atom. The molecule has 0 N–H and O–H groups in total. The highest BCUT2D eigenvalue weighted by molar-refractivity contribution is 7.92. The number of sulfonamides is 1. The van der Waals surface area contributed by atoms with Crippen LogP contribution in [-0.4, -0.2) is 29.7 Å². The van der Waals surface area contributed by atoms with Crippen molar-refractivity contribution in [2.24, 2.45) is 0 Å². The Morgan fingerprint density at radius 1 is 0.833 bits per heavy atom. The van der Waals surface area contributed by atoms with Gasteiger partial charge in [0.05, 0.1) is 33.6 Å². The molecule has 0 aromatic heterocycles. The zero-order valence-electron chi connectivity index (χ0n) is 16.8. The molecule has 0 fully saturated rings. The van der Waals surface area contributed by atoms with Gasteiger partial charge in [0.2, 0.25) is 0 Å². The highest BCUT2D eigenvalue weighted by atomic mass is 32.2. The van der Waals surface area contributed by atoms with Gasteiger partial charge < -0.3 is 14.2 Å². The molecule has 0 saturated heterocycles. The zero-order valence-corrected chi connectivity index (χ0v) is 17.6. The maximum absolute atomic E-state index is 14.4. The molecule has 3 aromatic carbocycles. The van der Waals surface area contributed by atoms with E-state index in [-0.39, 0.29) is 6.54 Å². The molecular weight excluding hydrogens is 409 g/mol. The van der Waals surface area contributed by atoms with E-state index in [2.05, 4.69) is 0 Å². The number of ether oxygens (including phenoxy) is 3. The number of rotatable bonds is 8. The molecule has 0 atom stereocenters. The third-order valence-electron chi connectivity index (χ3n) is 4.54. The molecule has 8 heteroatoms. The van der Waals surface area contributed by atoms with Crippen molar-refractivity contribution in [1.29, 1.82) is 0 Å². The third-order valence-corrected chi connectivity index (χ3v) is 6.35. The molecule has 6 nitrogen and oxygen atoms in total. The summed E-state index contributed by atoms with van der Waals surface area (Å²) in [4.78, 5) is -0.402. The average molecular weight is 431 g/mol. The van der Waals surface area contributed by atoms with Crippen molar-refractivity contribution in [3.05, 3.63) is 78.1 Å². The lowest BCUT2D eigenvalue weighted by Crippen LogP contribution is -2.31. The topological polar surface area (TPSA) is 65.1 Å². The molecule has 0 unspecified atom stereocenters. The van der Waals surface area contributed by atoms with Crippen LogP contribution in [-0.2, 0) is 16.6 Å². The molecule has 0 heterocycles. The van der Waals surface area contributed by atoms with Crippen LogP contribution in [0.2, 0.25) is 0 Å². The molecular formula is C22H22FNO5S. The van der Waals surface area contributed by atoms with E-state index in [0.717, 1.165) is 10.4 Å². The molecule has 0 saturated carbocycles. The van der Waals surface area contributed by atoms with Crippen molar-refractivity contribution in [2.75, 3.05) is 25.6 Å². The SMILES string of the molecule is COc1ccc(N(Cc2ccc(OC)c(OC)c2)S(=O)(=O)c2ccccc2F)cc1. The normalized spacial score (nSPS) is 11.1. The summed E-state index contributed by atoms with van der Waals surface area (Å²) in [6.07, 6.45) is 0. The van der Waals surface area contributed by atoms with Crippen molar-refractivity contribution in [3.63, 3.8) is 0 Å². The van der Waals surface area contributed by atoms with Crippen LogP contribution in [0.1, 0.15) is 5.56 Å². The molecule has 30 heavy (non-hydrogen) atoms. The van der Waals surface area contributed by atoms with Gasteiger partial charge in [-0.2, -0.15) is 0 Å². The molecule has 158 valence electrons. The van der Waals surface area contributed by atoms with Gasteiger partial charge in [0.25, 0.3) is 10.0 Å². The maximum atomic E-state index is 14.4. The minimum absolute atomic E-state index is 0.0383. The standard InChI is InChI=1S/C22H22FNO5S/c1-27-18-11-9-17(10-12-18)24(30(25,26)22-7-5-4-6-19(22)23)15-16-8-13-20(28-2)21(14-16)29-3/h4-14H,15H2,1-3H3. The van der Waals surface area contributed by atoms with Crippen molar-refractivity contribution >= 4 is 15.7 Å². The molecule has 0 amide bonds. The van der Waals surface area contributed by atoms with E-state index in [1.54, 1.807) is 42.5 Å². The second-order valence-corrected chi connectivity index (χ2v) is 8.16. The summed E-state index contributed by atoms with van der Waals surface area (Å²) in [5, 5.41) is 0. The van der Waals surface area contributed by atoms with Gasteiger partial charge in [-0.3, -0.25) is 4.31 Å². The Hall–Kier alpha value is -3.26. The van der Waals surface area contributed by atoms with Gasteiger partial charge in [0.1, 0.15) is 16.5 Å². The molecule has 0 aliphatic heterocycles. The fourth-order valence-corrected chi connectivity index (χ4v) is 4.50. The number of benzene rings is 3. The number of halogens is 1. The molecule has 3 aromatic rings. The number of hydrogen-bond donors (Lipinski definition) is 0. The fraction of sp³-hybridized carbons (Fsp3) is 0.182. The van der Waals surface area contributed by atoms with Crippen LogP contribution in [0.15, 0.2) is 71.6 Å². The number of hydrogen-bond acceptors (Lipinski definition) is 5. The van der Waals surface area contributed by atoms with E-state index in [1.165, 1.54) is 39.5 Å². The summed E-state index contributed by atoms with van der Waals surface area (Å²) in [6, 6.07) is 16.9. The van der Waals surface area contributed by atoms with Crippen LogP contribution in [0.5, 0.6) is 17.2 Å². The van der Waals surface area contributed by atoms with Crippen LogP contribution in [0, 0.1) is 5.82 Å². The van der Waals surface area contributed by atoms with E-state index >= 15 is 0 Å². The van der Waals surface area contributed by atoms with Crippen LogP contribution in [0.3, 0.4) is 0 Å². The average Bonchev–Trinajstić information content (AvgIpc) is 2.77. The lowest BCUT2D eigenvalue weighted by atomic mass is 10.2. The van der Waals surface area contributed by atoms with E-state index in [1.807, 2.05) is 0 Å². The number of nitrogens with zero attached hydrogens (tertiary/aromatic N) is 1. The number of anilines is 1. The first-order chi connectivity index (χ1) is 14.4. The fourth-order valence-electron chi connectivity index (χ4n) is 2.98. The summed E-state index contributed by atoms with van der Waals surface area (Å²) >= 11 is 0. The smallest absolute Gasteiger partial charge is 0.267 e. The first kappa shape index (κ1) is 21.4. The van der Waals surface area contributed by atoms with Gasteiger partial charge in [0.15, 0.2) is 11.5 Å². The molecule has 0 aliphatic carbocycles. The van der Waals surface area contributed by atoms with Crippen molar-refractivity contribution in [2.45, 2.75) is 11.4 Å². The van der Waals surface area contributed by atoms with E-state index in [9.17, 15) is 12.8 Å². The lowest BCUT2D eigenvalue weighted by Gasteiger charge is -2.25. The predicted molar refractivity (Wildman–Crippen MR) is 112 cm³/mol. The molecule has 0 radical (unpaired) electrons. The second-order valence-electron chi connectivity index (χ2n) is 6.33. The summed E-state index contributed by atoms with van der Waals surface area (Å²) < 4.78 is 58.0. The van der Waals surface area contributed by atoms with Gasteiger partial charge in [0, 0.05) is 0 Å². The summed E-state index contributed by atoms with van der Waals surface area (Å²) in [7, 11) is 0.345. The van der Waals surface area contributed by atoms with Crippen molar-refractivity contribution in [1.82, 2.24) is 0 Å². The summed E-state index contributed by atoms with van der Waals surface area (Å²) in [6.45, 7) is -0.0383. The Balaban J connectivity index is 2.09. The highest BCUT2D eigenvalue weighted by Crippen LogP contribution is 2.32. The van der Waals surface area contributed by atoms with Crippen molar-refractivity contribution in [3.8, 4) is 17.2 Å².